The summed E-state index contributed by atoms with van der Waals surface area (Å²) in [6.07, 6.45) is 1.86. The van der Waals surface area contributed by atoms with Gasteiger partial charge in [-0.3, -0.25) is 4.79 Å². The number of aromatic nitrogens is 2. The van der Waals surface area contributed by atoms with E-state index < -0.39 is 0 Å². The molecule has 124 valence electrons. The monoisotopic (exact) mass is 361 g/mol. The summed E-state index contributed by atoms with van der Waals surface area (Å²) in [7, 11) is 3.19. The summed E-state index contributed by atoms with van der Waals surface area (Å²) in [6.45, 7) is 0. The summed E-state index contributed by atoms with van der Waals surface area (Å²) < 4.78 is 10.5. The minimum Gasteiger partial charge on any atom is -0.493 e. The van der Waals surface area contributed by atoms with Gasteiger partial charge in [-0.25, -0.2) is 9.97 Å². The van der Waals surface area contributed by atoms with Gasteiger partial charge in [-0.2, -0.15) is 0 Å². The van der Waals surface area contributed by atoms with E-state index in [4.69, 9.17) is 9.47 Å². The molecule has 1 aromatic carbocycles. The third-order valence-electron chi connectivity index (χ3n) is 3.20. The van der Waals surface area contributed by atoms with Gasteiger partial charge in [0.15, 0.2) is 16.6 Å². The maximum absolute atomic E-state index is 12.0. The highest BCUT2D eigenvalue weighted by Gasteiger charge is 2.12. The Bertz CT molecular complexity index is 831. The van der Waals surface area contributed by atoms with Gasteiger partial charge in [0.1, 0.15) is 5.01 Å². The second kappa shape index (κ2) is 7.41. The molecule has 0 fully saturated rings. The highest BCUT2D eigenvalue weighted by molar-refractivity contribution is 7.13. The van der Waals surface area contributed by atoms with Gasteiger partial charge in [-0.1, -0.05) is 0 Å². The number of hydrogen-bond donors (Lipinski definition) is 1. The van der Waals surface area contributed by atoms with Crippen LogP contribution in [0.2, 0.25) is 0 Å². The third kappa shape index (κ3) is 3.72. The first kappa shape index (κ1) is 16.4. The van der Waals surface area contributed by atoms with Crippen molar-refractivity contribution in [3.05, 3.63) is 40.8 Å². The number of hydrogen-bond acceptors (Lipinski definition) is 7. The molecule has 1 N–H and O–H groups in total. The van der Waals surface area contributed by atoms with Crippen molar-refractivity contribution in [1.82, 2.24) is 9.97 Å². The third-order valence-corrected chi connectivity index (χ3v) is 4.83. The Hall–Kier alpha value is -2.45. The fourth-order valence-corrected chi connectivity index (χ4v) is 3.46. The van der Waals surface area contributed by atoms with E-state index in [-0.39, 0.29) is 12.3 Å². The van der Waals surface area contributed by atoms with Gasteiger partial charge in [0.25, 0.3) is 0 Å². The standard InChI is InChI=1S/C16H15N3O3S2/c1-21-12-4-3-10(7-13(12)22-2)15-18-11(9-24-15)8-14(20)19-16-17-5-6-23-16/h3-7,9H,8H2,1-2H3,(H,17,19,20). The molecule has 2 heterocycles. The van der Waals surface area contributed by atoms with Crippen LogP contribution in [0.15, 0.2) is 35.2 Å². The van der Waals surface area contributed by atoms with Gasteiger partial charge in [-0.15, -0.1) is 22.7 Å². The van der Waals surface area contributed by atoms with Gasteiger partial charge in [0, 0.05) is 22.5 Å². The number of carbonyl (C=O) groups excluding carboxylic acids is 1. The summed E-state index contributed by atoms with van der Waals surface area (Å²) in [6, 6.07) is 5.63. The zero-order chi connectivity index (χ0) is 16.9. The normalized spacial score (nSPS) is 10.4. The molecule has 0 aliphatic heterocycles. The first-order valence-corrected chi connectivity index (χ1v) is 8.81. The van der Waals surface area contributed by atoms with Crippen LogP contribution in [0.25, 0.3) is 10.6 Å². The van der Waals surface area contributed by atoms with Gasteiger partial charge in [-0.05, 0) is 18.2 Å². The molecule has 3 rings (SSSR count). The number of nitrogens with zero attached hydrogens (tertiary/aromatic N) is 2. The first-order valence-electron chi connectivity index (χ1n) is 7.05. The van der Waals surface area contributed by atoms with Crippen molar-refractivity contribution in [2.24, 2.45) is 0 Å². The van der Waals surface area contributed by atoms with Crippen molar-refractivity contribution in [3.63, 3.8) is 0 Å². The number of amides is 1. The Balaban J connectivity index is 1.72. The predicted molar refractivity (Wildman–Crippen MR) is 95.1 cm³/mol. The number of ether oxygens (including phenoxy) is 2. The number of thiazole rings is 2. The van der Waals surface area contributed by atoms with Crippen LogP contribution >= 0.6 is 22.7 Å². The van der Waals surface area contributed by atoms with E-state index in [1.54, 1.807) is 20.4 Å². The number of benzene rings is 1. The van der Waals surface area contributed by atoms with Crippen molar-refractivity contribution in [2.45, 2.75) is 6.42 Å². The molecule has 1 amide bonds. The van der Waals surface area contributed by atoms with E-state index in [9.17, 15) is 4.79 Å². The lowest BCUT2D eigenvalue weighted by molar-refractivity contribution is -0.115. The first-order chi connectivity index (χ1) is 11.7. The summed E-state index contributed by atoms with van der Waals surface area (Å²) in [5.41, 5.74) is 1.64. The summed E-state index contributed by atoms with van der Waals surface area (Å²) >= 11 is 2.87. The van der Waals surface area contributed by atoms with Crippen molar-refractivity contribution < 1.29 is 14.3 Å². The summed E-state index contributed by atoms with van der Waals surface area (Å²) in [4.78, 5) is 20.5. The molecule has 0 spiro atoms. The average Bonchev–Trinajstić information content (AvgIpc) is 3.26. The minimum absolute atomic E-state index is 0.130. The fourth-order valence-electron chi connectivity index (χ4n) is 2.10. The molecule has 0 radical (unpaired) electrons. The summed E-state index contributed by atoms with van der Waals surface area (Å²) in [5, 5.41) is 7.86. The quantitative estimate of drug-likeness (QED) is 0.728. The Labute approximate surface area is 147 Å². The number of rotatable bonds is 6. The molecular formula is C16H15N3O3S2. The molecule has 3 aromatic rings. The van der Waals surface area contributed by atoms with Crippen LogP contribution < -0.4 is 14.8 Å². The second-order valence-electron chi connectivity index (χ2n) is 4.78. The number of nitrogens with one attached hydrogen (secondary N) is 1. The average molecular weight is 361 g/mol. The van der Waals surface area contributed by atoms with E-state index in [0.29, 0.717) is 16.6 Å². The molecule has 2 aromatic heterocycles. The molecule has 0 bridgehead atoms. The second-order valence-corrected chi connectivity index (χ2v) is 6.53. The van der Waals surface area contributed by atoms with Crippen molar-refractivity contribution in [1.29, 1.82) is 0 Å². The lowest BCUT2D eigenvalue weighted by Gasteiger charge is -2.08. The van der Waals surface area contributed by atoms with Crippen LogP contribution in [0.5, 0.6) is 11.5 Å². The highest BCUT2D eigenvalue weighted by atomic mass is 32.1. The Kier molecular flexibility index (Phi) is 5.07. The van der Waals surface area contributed by atoms with Crippen LogP contribution in [-0.4, -0.2) is 30.1 Å². The van der Waals surface area contributed by atoms with Crippen LogP contribution in [0.4, 0.5) is 5.13 Å². The molecule has 0 saturated carbocycles. The Morgan fingerprint density at radius 3 is 2.75 bits per heavy atom. The van der Waals surface area contributed by atoms with Gasteiger partial charge >= 0.3 is 0 Å². The molecule has 6 nitrogen and oxygen atoms in total. The van der Waals surface area contributed by atoms with Crippen molar-refractivity contribution >= 4 is 33.7 Å². The molecule has 0 atom stereocenters. The molecule has 0 aliphatic rings. The van der Waals surface area contributed by atoms with E-state index in [0.717, 1.165) is 16.3 Å². The van der Waals surface area contributed by atoms with Crippen LogP contribution in [-0.2, 0) is 11.2 Å². The van der Waals surface area contributed by atoms with E-state index in [1.165, 1.54) is 22.7 Å². The maximum atomic E-state index is 12.0. The topological polar surface area (TPSA) is 73.3 Å². The minimum atomic E-state index is -0.130. The van der Waals surface area contributed by atoms with E-state index in [1.807, 2.05) is 29.0 Å². The molecule has 0 aliphatic carbocycles. The van der Waals surface area contributed by atoms with E-state index in [2.05, 4.69) is 15.3 Å². The largest absolute Gasteiger partial charge is 0.493 e. The SMILES string of the molecule is COc1ccc(-c2nc(CC(=O)Nc3nccs3)cs2)cc1OC. The molecule has 0 unspecified atom stereocenters. The molecule has 0 saturated heterocycles. The van der Waals surface area contributed by atoms with Crippen LogP contribution in [0.3, 0.4) is 0 Å². The predicted octanol–water partition coefficient (Wildman–Crippen LogP) is 3.47. The lowest BCUT2D eigenvalue weighted by atomic mass is 10.2. The molecule has 24 heavy (non-hydrogen) atoms. The zero-order valence-corrected chi connectivity index (χ0v) is 14.7. The van der Waals surface area contributed by atoms with Crippen molar-refractivity contribution in [2.75, 3.05) is 19.5 Å². The lowest BCUT2D eigenvalue weighted by Crippen LogP contribution is -2.14. The Morgan fingerprint density at radius 1 is 1.21 bits per heavy atom. The zero-order valence-electron chi connectivity index (χ0n) is 13.1. The van der Waals surface area contributed by atoms with E-state index >= 15 is 0 Å². The Morgan fingerprint density at radius 2 is 2.04 bits per heavy atom. The van der Waals surface area contributed by atoms with Gasteiger partial charge in [0.2, 0.25) is 5.91 Å². The van der Waals surface area contributed by atoms with Gasteiger partial charge in [0.05, 0.1) is 26.3 Å². The molecule has 8 heteroatoms. The smallest absolute Gasteiger partial charge is 0.232 e. The highest BCUT2D eigenvalue weighted by Crippen LogP contribution is 2.33. The van der Waals surface area contributed by atoms with Crippen LogP contribution in [0, 0.1) is 0 Å². The number of anilines is 1. The fraction of sp³-hybridized carbons (Fsp3) is 0.188. The van der Waals surface area contributed by atoms with Gasteiger partial charge < -0.3 is 14.8 Å². The molecular weight excluding hydrogens is 346 g/mol. The number of methoxy groups -OCH3 is 2. The summed E-state index contributed by atoms with van der Waals surface area (Å²) in [5.74, 6) is 1.18. The number of carbonyl (C=O) groups is 1. The van der Waals surface area contributed by atoms with Crippen LogP contribution in [0.1, 0.15) is 5.69 Å². The maximum Gasteiger partial charge on any atom is 0.232 e. The van der Waals surface area contributed by atoms with Crippen molar-refractivity contribution in [3.8, 4) is 22.1 Å².